The van der Waals surface area contributed by atoms with Crippen LogP contribution in [0.4, 0.5) is 5.69 Å². The second-order valence-corrected chi connectivity index (χ2v) is 9.04. The Kier molecular flexibility index (Phi) is 6.69. The standard InChI is InChI=1S/C24H24N4O4S/c1-2-3-15-32-24-18(7-6-14-25-24)16-26-23(29)17-10-12-19(13-11-17)27-22-20-8-4-5-9-21(20)33(30,31)28-22/h4-14H,2-3,15-16H2,1H3,(H,26,29)(H,27,28). The Morgan fingerprint density at radius 1 is 1.03 bits per heavy atom. The highest BCUT2D eigenvalue weighted by atomic mass is 32.2. The highest BCUT2D eigenvalue weighted by Crippen LogP contribution is 2.26. The summed E-state index contributed by atoms with van der Waals surface area (Å²) in [7, 11) is -3.70. The largest absolute Gasteiger partial charge is 0.477 e. The minimum absolute atomic E-state index is 0.178. The Balaban J connectivity index is 1.39. The van der Waals surface area contributed by atoms with Gasteiger partial charge in [0.25, 0.3) is 15.9 Å². The molecule has 4 rings (SSSR count). The van der Waals surface area contributed by atoms with Gasteiger partial charge in [0.05, 0.1) is 6.61 Å². The van der Waals surface area contributed by atoms with Gasteiger partial charge in [-0.2, -0.15) is 8.42 Å². The Labute approximate surface area is 192 Å². The number of hydrogen-bond acceptors (Lipinski definition) is 6. The van der Waals surface area contributed by atoms with E-state index in [1.165, 1.54) is 6.07 Å². The van der Waals surface area contributed by atoms with E-state index in [1.807, 2.05) is 6.07 Å². The molecule has 1 aromatic heterocycles. The summed E-state index contributed by atoms with van der Waals surface area (Å²) in [4.78, 5) is 17.0. The SMILES string of the molecule is CCCCOc1ncccc1CNC(=O)c1ccc(NC2=NS(=O)(=O)c3ccccc32)cc1. The fourth-order valence-corrected chi connectivity index (χ4v) is 4.49. The van der Waals surface area contributed by atoms with Gasteiger partial charge in [-0.25, -0.2) is 4.98 Å². The molecule has 2 aromatic carbocycles. The maximum atomic E-state index is 12.6. The van der Waals surface area contributed by atoms with E-state index in [0.29, 0.717) is 35.8 Å². The van der Waals surface area contributed by atoms with E-state index in [-0.39, 0.29) is 16.6 Å². The number of unbranched alkanes of at least 4 members (excludes halogenated alkanes) is 1. The number of nitrogens with one attached hydrogen (secondary N) is 2. The third kappa shape index (κ3) is 5.20. The molecule has 0 atom stereocenters. The van der Waals surface area contributed by atoms with Crippen molar-refractivity contribution in [1.82, 2.24) is 10.3 Å². The second-order valence-electron chi connectivity index (χ2n) is 7.47. The van der Waals surface area contributed by atoms with Crippen LogP contribution in [-0.2, 0) is 16.6 Å². The fourth-order valence-electron chi connectivity index (χ4n) is 3.32. The van der Waals surface area contributed by atoms with Crippen molar-refractivity contribution in [2.24, 2.45) is 4.40 Å². The molecule has 3 aromatic rings. The number of anilines is 1. The molecule has 0 saturated carbocycles. The quantitative estimate of drug-likeness (QED) is 0.492. The Hall–Kier alpha value is -3.72. The van der Waals surface area contributed by atoms with Crippen LogP contribution in [0, 0.1) is 0 Å². The molecular formula is C24H24N4O4S. The number of sulfonamides is 1. The summed E-state index contributed by atoms with van der Waals surface area (Å²) >= 11 is 0. The number of benzene rings is 2. The van der Waals surface area contributed by atoms with Crippen molar-refractivity contribution in [2.45, 2.75) is 31.2 Å². The minimum Gasteiger partial charge on any atom is -0.477 e. The predicted molar refractivity (Wildman–Crippen MR) is 126 cm³/mol. The molecule has 0 saturated heterocycles. The summed E-state index contributed by atoms with van der Waals surface area (Å²) in [5, 5.41) is 5.90. The van der Waals surface area contributed by atoms with E-state index < -0.39 is 10.0 Å². The average Bonchev–Trinajstić information content (AvgIpc) is 3.08. The van der Waals surface area contributed by atoms with Crippen molar-refractivity contribution in [1.29, 1.82) is 0 Å². The number of fused-ring (bicyclic) bond motifs is 1. The van der Waals surface area contributed by atoms with Gasteiger partial charge in [0.2, 0.25) is 5.88 Å². The van der Waals surface area contributed by atoms with Gasteiger partial charge in [-0.15, -0.1) is 4.40 Å². The van der Waals surface area contributed by atoms with Gasteiger partial charge in [0, 0.05) is 35.1 Å². The summed E-state index contributed by atoms with van der Waals surface area (Å²) in [6.07, 6.45) is 3.63. The first kappa shape index (κ1) is 22.5. The first-order valence-electron chi connectivity index (χ1n) is 10.6. The average molecular weight is 465 g/mol. The normalized spacial score (nSPS) is 13.7. The van der Waals surface area contributed by atoms with Gasteiger partial charge < -0.3 is 15.4 Å². The zero-order chi connectivity index (χ0) is 23.3. The molecule has 0 radical (unpaired) electrons. The van der Waals surface area contributed by atoms with Crippen LogP contribution in [0.3, 0.4) is 0 Å². The summed E-state index contributed by atoms with van der Waals surface area (Å²) in [6.45, 7) is 2.96. The summed E-state index contributed by atoms with van der Waals surface area (Å²) in [5.41, 5.74) is 2.42. The second kappa shape index (κ2) is 9.83. The van der Waals surface area contributed by atoms with E-state index in [0.717, 1.165) is 18.4 Å². The van der Waals surface area contributed by atoms with Crippen LogP contribution in [0.15, 0.2) is 76.2 Å². The molecule has 9 heteroatoms. The van der Waals surface area contributed by atoms with Crippen molar-refractivity contribution < 1.29 is 17.9 Å². The molecule has 2 heterocycles. The van der Waals surface area contributed by atoms with Gasteiger partial charge in [0.1, 0.15) is 4.90 Å². The van der Waals surface area contributed by atoms with Crippen LogP contribution in [0.1, 0.15) is 41.3 Å². The lowest BCUT2D eigenvalue weighted by molar-refractivity contribution is 0.0950. The monoisotopic (exact) mass is 464 g/mol. The third-order valence-electron chi connectivity index (χ3n) is 5.07. The Bertz CT molecular complexity index is 1290. The number of carbonyl (C=O) groups is 1. The molecule has 8 nitrogen and oxygen atoms in total. The van der Waals surface area contributed by atoms with Crippen LogP contribution in [0.2, 0.25) is 0 Å². The van der Waals surface area contributed by atoms with E-state index in [4.69, 9.17) is 4.74 Å². The van der Waals surface area contributed by atoms with Crippen molar-refractivity contribution in [3.05, 3.63) is 83.6 Å². The van der Waals surface area contributed by atoms with Crippen LogP contribution in [0.5, 0.6) is 5.88 Å². The fraction of sp³-hybridized carbons (Fsp3) is 0.208. The molecular weight excluding hydrogens is 440 g/mol. The molecule has 0 unspecified atom stereocenters. The first-order chi connectivity index (χ1) is 16.0. The lowest BCUT2D eigenvalue weighted by Gasteiger charge is -2.11. The molecule has 33 heavy (non-hydrogen) atoms. The van der Waals surface area contributed by atoms with Crippen molar-refractivity contribution in [3.8, 4) is 5.88 Å². The van der Waals surface area contributed by atoms with Crippen LogP contribution in [0.25, 0.3) is 0 Å². The molecule has 1 aliphatic heterocycles. The molecule has 0 aliphatic carbocycles. The molecule has 170 valence electrons. The topological polar surface area (TPSA) is 110 Å². The lowest BCUT2D eigenvalue weighted by Crippen LogP contribution is -2.23. The van der Waals surface area contributed by atoms with E-state index in [2.05, 4.69) is 26.9 Å². The van der Waals surface area contributed by atoms with Gasteiger partial charge >= 0.3 is 0 Å². The van der Waals surface area contributed by atoms with Gasteiger partial charge in [0.15, 0.2) is 5.84 Å². The Morgan fingerprint density at radius 3 is 2.61 bits per heavy atom. The first-order valence-corrected chi connectivity index (χ1v) is 12.1. The van der Waals surface area contributed by atoms with Crippen molar-refractivity contribution >= 4 is 27.5 Å². The number of rotatable bonds is 8. The van der Waals surface area contributed by atoms with E-state index >= 15 is 0 Å². The number of pyridine rings is 1. The minimum atomic E-state index is -3.70. The third-order valence-corrected chi connectivity index (χ3v) is 6.40. The van der Waals surface area contributed by atoms with Crippen LogP contribution >= 0.6 is 0 Å². The van der Waals surface area contributed by atoms with E-state index in [1.54, 1.807) is 54.7 Å². The van der Waals surface area contributed by atoms with Gasteiger partial charge in [-0.1, -0.05) is 31.5 Å². The maximum Gasteiger partial charge on any atom is 0.285 e. The van der Waals surface area contributed by atoms with Crippen molar-refractivity contribution in [3.63, 3.8) is 0 Å². The van der Waals surface area contributed by atoms with Gasteiger partial charge in [-0.05, 0) is 48.9 Å². The van der Waals surface area contributed by atoms with E-state index in [9.17, 15) is 13.2 Å². The summed E-state index contributed by atoms with van der Waals surface area (Å²) < 4.78 is 33.9. The molecule has 0 bridgehead atoms. The molecule has 2 N–H and O–H groups in total. The zero-order valence-electron chi connectivity index (χ0n) is 18.1. The highest BCUT2D eigenvalue weighted by molar-refractivity contribution is 7.90. The number of ether oxygens (including phenoxy) is 1. The number of nitrogens with zero attached hydrogens (tertiary/aromatic N) is 2. The molecule has 0 spiro atoms. The smallest absolute Gasteiger partial charge is 0.285 e. The zero-order valence-corrected chi connectivity index (χ0v) is 18.9. The van der Waals surface area contributed by atoms with Crippen LogP contribution in [-0.4, -0.2) is 31.8 Å². The number of amidine groups is 1. The molecule has 1 aliphatic rings. The number of aromatic nitrogens is 1. The van der Waals surface area contributed by atoms with Gasteiger partial charge in [-0.3, -0.25) is 4.79 Å². The highest BCUT2D eigenvalue weighted by Gasteiger charge is 2.28. The maximum absolute atomic E-state index is 12.6. The molecule has 0 fully saturated rings. The number of carbonyl (C=O) groups excluding carboxylic acids is 1. The summed E-state index contributed by atoms with van der Waals surface area (Å²) in [6, 6.07) is 17.0. The summed E-state index contributed by atoms with van der Waals surface area (Å²) in [5.74, 6) is 0.546. The van der Waals surface area contributed by atoms with Crippen LogP contribution < -0.4 is 15.4 Å². The number of amides is 1. The van der Waals surface area contributed by atoms with Crippen molar-refractivity contribution in [2.75, 3.05) is 11.9 Å². The number of hydrogen-bond donors (Lipinski definition) is 2. The predicted octanol–water partition coefficient (Wildman–Crippen LogP) is 3.75. The Morgan fingerprint density at radius 2 is 1.82 bits per heavy atom. The molecule has 1 amide bonds. The lowest BCUT2D eigenvalue weighted by atomic mass is 10.1.